The number of carbonyl (C=O) groups excluding carboxylic acids is 2. The minimum Gasteiger partial charge on any atom is -0.268 e. The lowest BCUT2D eigenvalue weighted by Crippen LogP contribution is -2.40. The molecule has 0 aromatic heterocycles. The number of hydrazone groups is 1. The minimum atomic E-state index is -0.310. The molecule has 8 rings (SSSR count). The van der Waals surface area contributed by atoms with E-state index in [0.717, 1.165) is 22.3 Å². The van der Waals surface area contributed by atoms with Crippen LogP contribution in [0.15, 0.2) is 139 Å². The maximum atomic E-state index is 13.7. The zero-order valence-electron chi connectivity index (χ0n) is 22.6. The third-order valence-corrected chi connectivity index (χ3v) is 8.32. The zero-order chi connectivity index (χ0) is 28.2. The highest BCUT2D eigenvalue weighted by molar-refractivity contribution is 6.36. The van der Waals surface area contributed by atoms with E-state index in [1.165, 1.54) is 21.2 Å². The van der Waals surface area contributed by atoms with Crippen molar-refractivity contribution < 1.29 is 9.59 Å². The Balaban J connectivity index is 1.25. The summed E-state index contributed by atoms with van der Waals surface area (Å²) in [6.45, 7) is 0. The van der Waals surface area contributed by atoms with Crippen molar-refractivity contribution in [3.63, 3.8) is 0 Å². The number of hydrogen-bond acceptors (Lipinski definition) is 4. The maximum Gasteiger partial charge on any atom is 0.265 e. The second-order valence-electron chi connectivity index (χ2n) is 10.7. The normalized spacial score (nSPS) is 16.4. The van der Waals surface area contributed by atoms with E-state index in [2.05, 4.69) is 59.6 Å². The molecular formula is C37H25N3O2. The summed E-state index contributed by atoms with van der Waals surface area (Å²) in [6, 6.07) is 43.9. The van der Waals surface area contributed by atoms with E-state index in [0.29, 0.717) is 28.6 Å². The van der Waals surface area contributed by atoms with Crippen LogP contribution in [0.2, 0.25) is 0 Å². The number of carbonyl (C=O) groups is 2. The SMILES string of the molecule is O=C1c2cccc3c(C4=NN(c5ccccc5)[C@@H](c5ccc6ccccc6c5)C4)ccc(c23)C(=O)N1c1ccccc1. The second-order valence-corrected chi connectivity index (χ2v) is 10.7. The van der Waals surface area contributed by atoms with Crippen molar-refractivity contribution in [3.05, 3.63) is 156 Å². The van der Waals surface area contributed by atoms with E-state index >= 15 is 0 Å². The van der Waals surface area contributed by atoms with Crippen molar-refractivity contribution >= 4 is 50.4 Å². The van der Waals surface area contributed by atoms with Gasteiger partial charge in [0.25, 0.3) is 11.8 Å². The van der Waals surface area contributed by atoms with E-state index in [4.69, 9.17) is 5.10 Å². The lowest BCUT2D eigenvalue weighted by atomic mass is 9.88. The van der Waals surface area contributed by atoms with Gasteiger partial charge in [0.2, 0.25) is 0 Å². The topological polar surface area (TPSA) is 53.0 Å². The lowest BCUT2D eigenvalue weighted by molar-refractivity contribution is 0.0893. The average molecular weight is 544 g/mol. The summed E-state index contributed by atoms with van der Waals surface area (Å²) in [5.41, 5.74) is 5.67. The smallest absolute Gasteiger partial charge is 0.265 e. The number of imide groups is 1. The third-order valence-electron chi connectivity index (χ3n) is 8.32. The number of rotatable bonds is 4. The standard InChI is InChI=1S/C37H25N3O2/c41-36-31-17-9-16-30-29(20-21-32(35(30)31)37(42)39(36)27-12-3-1-4-13-27)33-23-34(40(38-33)28-14-5-2-6-15-28)26-19-18-24-10-7-8-11-25(24)22-26/h1-22,34H,23H2/t34-/m1/s1. The van der Waals surface area contributed by atoms with Gasteiger partial charge in [-0.25, -0.2) is 4.90 Å². The average Bonchev–Trinajstić information content (AvgIpc) is 3.49. The molecule has 0 N–H and O–H groups in total. The number of nitrogens with zero attached hydrogens (tertiary/aromatic N) is 3. The van der Waals surface area contributed by atoms with Gasteiger partial charge >= 0.3 is 0 Å². The number of para-hydroxylation sites is 2. The van der Waals surface area contributed by atoms with Crippen molar-refractivity contribution in [2.45, 2.75) is 12.5 Å². The number of amides is 2. The summed E-state index contributed by atoms with van der Waals surface area (Å²) in [6.07, 6.45) is 0.684. The quantitative estimate of drug-likeness (QED) is 0.211. The van der Waals surface area contributed by atoms with Gasteiger partial charge in [0, 0.05) is 28.5 Å². The molecule has 0 unspecified atom stereocenters. The molecule has 2 aliphatic heterocycles. The van der Waals surface area contributed by atoms with E-state index in [1.54, 1.807) is 12.1 Å². The Labute approximate surface area is 242 Å². The van der Waals surface area contributed by atoms with Crippen LogP contribution in [0.3, 0.4) is 0 Å². The summed E-state index contributed by atoms with van der Waals surface area (Å²) in [7, 11) is 0. The van der Waals surface area contributed by atoms with Gasteiger partial charge in [-0.1, -0.05) is 91.0 Å². The van der Waals surface area contributed by atoms with Gasteiger partial charge in [-0.3, -0.25) is 14.6 Å². The Hall–Kier alpha value is -5.55. The van der Waals surface area contributed by atoms with Crippen LogP contribution >= 0.6 is 0 Å². The number of fused-ring (bicyclic) bond motifs is 1. The Morgan fingerprint density at radius 3 is 1.98 bits per heavy atom. The number of anilines is 2. The molecule has 5 nitrogen and oxygen atoms in total. The fourth-order valence-corrected chi connectivity index (χ4v) is 6.33. The molecule has 6 aromatic rings. The molecular weight excluding hydrogens is 518 g/mol. The van der Waals surface area contributed by atoms with E-state index in [1.807, 2.05) is 66.7 Å². The summed E-state index contributed by atoms with van der Waals surface area (Å²) in [5, 5.41) is 11.2. The van der Waals surface area contributed by atoms with Crippen molar-refractivity contribution in [2.75, 3.05) is 9.91 Å². The number of benzene rings is 6. The molecule has 0 radical (unpaired) electrons. The maximum absolute atomic E-state index is 13.7. The lowest BCUT2D eigenvalue weighted by Gasteiger charge is -2.27. The van der Waals surface area contributed by atoms with Crippen LogP contribution in [0, 0.1) is 0 Å². The fourth-order valence-electron chi connectivity index (χ4n) is 6.33. The highest BCUT2D eigenvalue weighted by Crippen LogP contribution is 2.40. The molecule has 2 amide bonds. The Bertz CT molecular complexity index is 2050. The van der Waals surface area contributed by atoms with Crippen molar-refractivity contribution in [1.29, 1.82) is 0 Å². The molecule has 0 fully saturated rings. The van der Waals surface area contributed by atoms with Crippen LogP contribution in [0.5, 0.6) is 0 Å². The highest BCUT2D eigenvalue weighted by atomic mass is 16.2. The van der Waals surface area contributed by atoms with Gasteiger partial charge in [0.15, 0.2) is 0 Å². The largest absolute Gasteiger partial charge is 0.268 e. The molecule has 1 atom stereocenters. The first-order valence-electron chi connectivity index (χ1n) is 14.1. The Kier molecular flexibility index (Phi) is 5.50. The van der Waals surface area contributed by atoms with Gasteiger partial charge in [-0.2, -0.15) is 5.10 Å². The molecule has 2 heterocycles. The van der Waals surface area contributed by atoms with Crippen LogP contribution in [0.25, 0.3) is 21.5 Å². The molecule has 200 valence electrons. The highest BCUT2D eigenvalue weighted by Gasteiger charge is 2.36. The van der Waals surface area contributed by atoms with Gasteiger partial charge in [-0.05, 0) is 64.2 Å². The van der Waals surface area contributed by atoms with Crippen molar-refractivity contribution in [2.24, 2.45) is 5.10 Å². The molecule has 0 bridgehead atoms. The zero-order valence-corrected chi connectivity index (χ0v) is 22.6. The number of hydrogen-bond donors (Lipinski definition) is 0. The van der Waals surface area contributed by atoms with Gasteiger partial charge in [-0.15, -0.1) is 0 Å². The van der Waals surface area contributed by atoms with Crippen LogP contribution < -0.4 is 9.91 Å². The molecule has 42 heavy (non-hydrogen) atoms. The molecule has 5 heteroatoms. The summed E-state index contributed by atoms with van der Waals surface area (Å²) in [4.78, 5) is 28.7. The molecule has 0 spiro atoms. The minimum absolute atomic E-state index is 0.00495. The molecule has 2 aliphatic rings. The van der Waals surface area contributed by atoms with E-state index < -0.39 is 0 Å². The Morgan fingerprint density at radius 2 is 1.21 bits per heavy atom. The third kappa shape index (κ3) is 3.75. The molecule has 0 saturated carbocycles. The second kappa shape index (κ2) is 9.53. The summed E-state index contributed by atoms with van der Waals surface area (Å²) < 4.78 is 0. The van der Waals surface area contributed by atoms with E-state index in [-0.39, 0.29) is 17.9 Å². The molecule has 0 saturated heterocycles. The first-order chi connectivity index (χ1) is 20.7. The Morgan fingerprint density at radius 1 is 0.571 bits per heavy atom. The predicted molar refractivity (Wildman–Crippen MR) is 168 cm³/mol. The van der Waals surface area contributed by atoms with Gasteiger partial charge < -0.3 is 0 Å². The fraction of sp³-hybridized carbons (Fsp3) is 0.0541. The molecule has 0 aliphatic carbocycles. The first-order valence-corrected chi connectivity index (χ1v) is 14.1. The van der Waals surface area contributed by atoms with E-state index in [9.17, 15) is 9.59 Å². The first kappa shape index (κ1) is 24.3. The van der Waals surface area contributed by atoms with Crippen LogP contribution in [0.1, 0.15) is 44.3 Å². The summed E-state index contributed by atoms with van der Waals surface area (Å²) in [5.74, 6) is -0.621. The van der Waals surface area contributed by atoms with Gasteiger partial charge in [0.05, 0.1) is 23.1 Å². The van der Waals surface area contributed by atoms with Crippen molar-refractivity contribution in [3.8, 4) is 0 Å². The monoisotopic (exact) mass is 543 g/mol. The van der Waals surface area contributed by atoms with Crippen LogP contribution in [-0.4, -0.2) is 17.5 Å². The summed E-state index contributed by atoms with van der Waals surface area (Å²) >= 11 is 0. The van der Waals surface area contributed by atoms with Gasteiger partial charge in [0.1, 0.15) is 0 Å². The molecule has 6 aromatic carbocycles. The van der Waals surface area contributed by atoms with Crippen LogP contribution in [0.4, 0.5) is 11.4 Å². The van der Waals surface area contributed by atoms with Crippen molar-refractivity contribution in [1.82, 2.24) is 0 Å². The predicted octanol–water partition coefficient (Wildman–Crippen LogP) is 8.15. The van der Waals surface area contributed by atoms with Crippen LogP contribution in [-0.2, 0) is 0 Å².